The van der Waals surface area contributed by atoms with Crippen molar-refractivity contribution in [2.45, 2.75) is 39.0 Å². The van der Waals surface area contributed by atoms with E-state index in [1.807, 2.05) is 12.1 Å². The first-order valence-corrected chi connectivity index (χ1v) is 8.01. The number of benzene rings is 1. The van der Waals surface area contributed by atoms with Crippen LogP contribution in [0, 0.1) is 5.92 Å². The van der Waals surface area contributed by atoms with Gasteiger partial charge >= 0.3 is 0 Å². The molecule has 0 radical (unpaired) electrons. The molecule has 0 spiro atoms. The summed E-state index contributed by atoms with van der Waals surface area (Å²) in [5, 5.41) is 0.748. The molecule has 0 saturated carbocycles. The van der Waals surface area contributed by atoms with Crippen molar-refractivity contribution in [3.8, 4) is 5.75 Å². The third-order valence-corrected chi connectivity index (χ3v) is 4.79. The standard InChI is InChI=1S/C16H23ClN2O2/c1-11-2-3-12(6-18)7-19(11)8-13-4-15(17)5-14-9-20-10-21-16(13)14/h4-5,11-12H,2-3,6-10,18H2,1H3. The van der Waals surface area contributed by atoms with Gasteiger partial charge in [-0.3, -0.25) is 4.90 Å². The molecule has 116 valence electrons. The zero-order valence-electron chi connectivity index (χ0n) is 12.5. The highest BCUT2D eigenvalue weighted by atomic mass is 35.5. The fraction of sp³-hybridized carbons (Fsp3) is 0.625. The van der Waals surface area contributed by atoms with E-state index in [2.05, 4.69) is 11.8 Å². The van der Waals surface area contributed by atoms with E-state index in [1.165, 1.54) is 12.8 Å². The van der Waals surface area contributed by atoms with Gasteiger partial charge < -0.3 is 15.2 Å². The number of halogens is 1. The Labute approximate surface area is 131 Å². The van der Waals surface area contributed by atoms with Gasteiger partial charge in [-0.05, 0) is 44.4 Å². The van der Waals surface area contributed by atoms with Crippen LogP contribution in [-0.2, 0) is 17.9 Å². The van der Waals surface area contributed by atoms with E-state index >= 15 is 0 Å². The van der Waals surface area contributed by atoms with Gasteiger partial charge in [-0.1, -0.05) is 11.6 Å². The molecule has 2 heterocycles. The van der Waals surface area contributed by atoms with Gasteiger partial charge in [-0.15, -0.1) is 0 Å². The summed E-state index contributed by atoms with van der Waals surface area (Å²) in [6.07, 6.45) is 2.43. The molecule has 0 aromatic heterocycles. The summed E-state index contributed by atoms with van der Waals surface area (Å²) in [7, 11) is 0. The Morgan fingerprint density at radius 1 is 1.38 bits per heavy atom. The Bertz CT molecular complexity index is 509. The Morgan fingerprint density at radius 2 is 2.24 bits per heavy atom. The lowest BCUT2D eigenvalue weighted by Gasteiger charge is -2.38. The fourth-order valence-corrected chi connectivity index (χ4v) is 3.53. The lowest BCUT2D eigenvalue weighted by molar-refractivity contribution is -0.0178. The van der Waals surface area contributed by atoms with Gasteiger partial charge in [0.15, 0.2) is 6.79 Å². The molecule has 2 unspecified atom stereocenters. The van der Waals surface area contributed by atoms with Gasteiger partial charge in [0, 0.05) is 35.3 Å². The summed E-state index contributed by atoms with van der Waals surface area (Å²) in [6, 6.07) is 4.52. The molecule has 3 rings (SSSR count). The zero-order valence-corrected chi connectivity index (χ0v) is 13.2. The van der Waals surface area contributed by atoms with Crippen molar-refractivity contribution in [2.24, 2.45) is 11.7 Å². The minimum atomic E-state index is 0.322. The molecule has 0 bridgehead atoms. The normalized spacial score (nSPS) is 26.2. The van der Waals surface area contributed by atoms with Gasteiger partial charge in [-0.2, -0.15) is 0 Å². The topological polar surface area (TPSA) is 47.7 Å². The highest BCUT2D eigenvalue weighted by Crippen LogP contribution is 2.34. The molecule has 5 heteroatoms. The summed E-state index contributed by atoms with van der Waals surface area (Å²) < 4.78 is 11.0. The number of fused-ring (bicyclic) bond motifs is 1. The van der Waals surface area contributed by atoms with Crippen molar-refractivity contribution in [3.63, 3.8) is 0 Å². The highest BCUT2D eigenvalue weighted by Gasteiger charge is 2.26. The SMILES string of the molecule is CC1CCC(CN)CN1Cc1cc(Cl)cc2c1OCOC2. The van der Waals surface area contributed by atoms with Crippen molar-refractivity contribution >= 4 is 11.6 Å². The Balaban J connectivity index is 1.82. The fourth-order valence-electron chi connectivity index (χ4n) is 3.27. The maximum atomic E-state index is 6.24. The number of piperidine rings is 1. The van der Waals surface area contributed by atoms with Gasteiger partial charge in [0.2, 0.25) is 0 Å². The van der Waals surface area contributed by atoms with Crippen molar-refractivity contribution in [1.82, 2.24) is 4.90 Å². The van der Waals surface area contributed by atoms with E-state index < -0.39 is 0 Å². The maximum Gasteiger partial charge on any atom is 0.189 e. The van der Waals surface area contributed by atoms with E-state index in [-0.39, 0.29) is 0 Å². The van der Waals surface area contributed by atoms with Crippen LogP contribution >= 0.6 is 11.6 Å². The van der Waals surface area contributed by atoms with Crippen molar-refractivity contribution < 1.29 is 9.47 Å². The molecule has 1 fully saturated rings. The largest absolute Gasteiger partial charge is 0.467 e. The summed E-state index contributed by atoms with van der Waals surface area (Å²) in [4.78, 5) is 2.49. The predicted octanol–water partition coefficient (Wildman–Crippen LogP) is 2.77. The molecule has 0 aliphatic carbocycles. The zero-order chi connectivity index (χ0) is 14.8. The van der Waals surface area contributed by atoms with Crippen LogP contribution in [0.2, 0.25) is 5.02 Å². The Morgan fingerprint density at radius 3 is 3.05 bits per heavy atom. The lowest BCUT2D eigenvalue weighted by atomic mass is 9.93. The van der Waals surface area contributed by atoms with Crippen molar-refractivity contribution in [3.05, 3.63) is 28.3 Å². The van der Waals surface area contributed by atoms with Crippen LogP contribution in [0.3, 0.4) is 0 Å². The first-order valence-electron chi connectivity index (χ1n) is 7.63. The monoisotopic (exact) mass is 310 g/mol. The molecule has 0 amide bonds. The average molecular weight is 311 g/mol. The first kappa shape index (κ1) is 15.1. The summed E-state index contributed by atoms with van der Waals surface area (Å²) in [5.74, 6) is 1.55. The van der Waals surface area contributed by atoms with Gasteiger partial charge in [-0.25, -0.2) is 0 Å². The van der Waals surface area contributed by atoms with E-state index in [9.17, 15) is 0 Å². The van der Waals surface area contributed by atoms with Gasteiger partial charge in [0.05, 0.1) is 6.61 Å². The van der Waals surface area contributed by atoms with Crippen LogP contribution in [0.4, 0.5) is 0 Å². The highest BCUT2D eigenvalue weighted by molar-refractivity contribution is 6.30. The Kier molecular flexibility index (Phi) is 4.69. The number of nitrogens with zero attached hydrogens (tertiary/aromatic N) is 1. The number of rotatable bonds is 3. The molecule has 2 N–H and O–H groups in total. The number of ether oxygens (including phenoxy) is 2. The van der Waals surface area contributed by atoms with Crippen LogP contribution in [0.5, 0.6) is 5.75 Å². The number of likely N-dealkylation sites (tertiary alicyclic amines) is 1. The number of hydrogen-bond donors (Lipinski definition) is 1. The molecule has 1 aromatic carbocycles. The van der Waals surface area contributed by atoms with Crippen LogP contribution in [0.25, 0.3) is 0 Å². The second-order valence-corrected chi connectivity index (χ2v) is 6.56. The van der Waals surface area contributed by atoms with Crippen molar-refractivity contribution in [2.75, 3.05) is 19.9 Å². The molecule has 1 aromatic rings. The summed E-state index contributed by atoms with van der Waals surface area (Å²) in [6.45, 7) is 5.86. The minimum absolute atomic E-state index is 0.322. The van der Waals surface area contributed by atoms with Crippen LogP contribution in [0.1, 0.15) is 30.9 Å². The van der Waals surface area contributed by atoms with Gasteiger partial charge in [0.25, 0.3) is 0 Å². The van der Waals surface area contributed by atoms with Crippen molar-refractivity contribution in [1.29, 1.82) is 0 Å². The molecular formula is C16H23ClN2O2. The number of nitrogens with two attached hydrogens (primary N) is 1. The second-order valence-electron chi connectivity index (χ2n) is 6.12. The molecule has 2 aliphatic rings. The minimum Gasteiger partial charge on any atom is -0.467 e. The van der Waals surface area contributed by atoms with E-state index in [0.29, 0.717) is 25.4 Å². The van der Waals surface area contributed by atoms with Gasteiger partial charge in [0.1, 0.15) is 5.75 Å². The van der Waals surface area contributed by atoms with Crippen LogP contribution in [0.15, 0.2) is 12.1 Å². The molecule has 4 nitrogen and oxygen atoms in total. The lowest BCUT2D eigenvalue weighted by Crippen LogP contribution is -2.43. The van der Waals surface area contributed by atoms with Crippen LogP contribution in [-0.4, -0.2) is 30.8 Å². The first-order chi connectivity index (χ1) is 10.2. The van der Waals surface area contributed by atoms with E-state index in [0.717, 1.165) is 41.5 Å². The van der Waals surface area contributed by atoms with E-state index in [4.69, 9.17) is 26.8 Å². The summed E-state index contributed by atoms with van der Waals surface area (Å²) >= 11 is 6.24. The molecule has 21 heavy (non-hydrogen) atoms. The molecule has 2 aliphatic heterocycles. The second kappa shape index (κ2) is 6.53. The molecule has 2 atom stereocenters. The molecular weight excluding hydrogens is 288 g/mol. The average Bonchev–Trinajstić information content (AvgIpc) is 2.49. The Hall–Kier alpha value is -0.810. The van der Waals surface area contributed by atoms with E-state index in [1.54, 1.807) is 0 Å². The third-order valence-electron chi connectivity index (χ3n) is 4.57. The quantitative estimate of drug-likeness (QED) is 0.932. The predicted molar refractivity (Wildman–Crippen MR) is 83.4 cm³/mol. The maximum absolute atomic E-state index is 6.24. The smallest absolute Gasteiger partial charge is 0.189 e. The van der Waals surface area contributed by atoms with Crippen LogP contribution < -0.4 is 10.5 Å². The molecule has 1 saturated heterocycles. The summed E-state index contributed by atoms with van der Waals surface area (Å²) in [5.41, 5.74) is 8.05. The third kappa shape index (κ3) is 3.34. The number of hydrogen-bond acceptors (Lipinski definition) is 4.